The minimum absolute atomic E-state index is 0.119. The average molecular weight is 766 g/mol. The van der Waals surface area contributed by atoms with Crippen LogP contribution in [0, 0.1) is 44.2 Å². The molecule has 0 spiro atoms. The Morgan fingerprint density at radius 3 is 1.30 bits per heavy atom. The van der Waals surface area contributed by atoms with Crippen LogP contribution in [0.25, 0.3) is 66.6 Å². The van der Waals surface area contributed by atoms with Gasteiger partial charge in [0.2, 0.25) is 0 Å². The number of hydrogen-bond acceptors (Lipinski definition) is 8. The largest absolute Gasteiger partial charge is 0.349 e. The summed E-state index contributed by atoms with van der Waals surface area (Å²) in [4.78, 5) is 54.7. The molecule has 0 radical (unpaired) electrons. The standard InChI is InChI=1S/C44H43N7O6/c1-9-29-22(5)35-33(26-16-14-13-15-17-26)36-23(6)30(10-2)40(46-36)44(51(56)57)42-32(12-4)25(8)38(48-42)34(27-18-20-28(21-19-27)49(52)53)37-24(7)31(11-3)41(47-37)43(50(54)55)39(29)45-35/h13-21,45-46H,9-12H2,1-8H3. The summed E-state index contributed by atoms with van der Waals surface area (Å²) in [6.45, 7) is 15.4. The van der Waals surface area contributed by atoms with Crippen molar-refractivity contribution in [2.45, 2.75) is 81.1 Å². The Bertz CT molecular complexity index is 2650. The molecule has 5 heterocycles. The Kier molecular flexibility index (Phi) is 9.94. The zero-order valence-electron chi connectivity index (χ0n) is 33.2. The quantitative estimate of drug-likeness (QED) is 0.109. The predicted octanol–water partition coefficient (Wildman–Crippen LogP) is 11.8. The summed E-state index contributed by atoms with van der Waals surface area (Å²) >= 11 is 0. The number of allylic oxidation sites excluding steroid dienone is 4. The molecule has 8 bridgehead atoms. The van der Waals surface area contributed by atoms with Gasteiger partial charge in [0.15, 0.2) is 0 Å². The second kappa shape index (κ2) is 14.7. The maximum Gasteiger partial charge on any atom is 0.318 e. The first kappa shape index (κ1) is 38.5. The molecule has 13 heteroatoms. The number of fused-ring (bicyclic) bond motifs is 8. The van der Waals surface area contributed by atoms with Crippen molar-refractivity contribution in [3.63, 3.8) is 0 Å². The SMILES string of the molecule is CCC1=C(C)c2nc1c([N+](=O)[O-])c1[nH]c(c(C)c1CC)c(-c1ccccc1)c1[nH]c(c(CC)c1C)c([N+](=O)[O-])c1nc(c2-c2ccc([N+](=O)[O-])cc2)C(C)=C1CC. The van der Waals surface area contributed by atoms with Crippen LogP contribution >= 0.6 is 0 Å². The van der Waals surface area contributed by atoms with E-state index in [1.807, 2.05) is 85.7 Å². The Morgan fingerprint density at radius 1 is 0.509 bits per heavy atom. The first-order valence-corrected chi connectivity index (χ1v) is 19.1. The first-order valence-electron chi connectivity index (χ1n) is 19.1. The van der Waals surface area contributed by atoms with E-state index in [1.165, 1.54) is 12.1 Å². The summed E-state index contributed by atoms with van der Waals surface area (Å²) in [5, 5.41) is 38.7. The van der Waals surface area contributed by atoms with Crippen molar-refractivity contribution in [3.05, 3.63) is 130 Å². The van der Waals surface area contributed by atoms with Gasteiger partial charge in [-0.15, -0.1) is 0 Å². The topological polar surface area (TPSA) is 187 Å². The smallest absolute Gasteiger partial charge is 0.318 e. The average Bonchev–Trinajstić information content (AvgIpc) is 3.89. The minimum Gasteiger partial charge on any atom is -0.349 e. The highest BCUT2D eigenvalue weighted by atomic mass is 16.6. The third-order valence-corrected chi connectivity index (χ3v) is 11.5. The fourth-order valence-corrected chi connectivity index (χ4v) is 8.71. The van der Waals surface area contributed by atoms with E-state index in [2.05, 4.69) is 9.97 Å². The molecule has 7 rings (SSSR count). The van der Waals surface area contributed by atoms with Crippen molar-refractivity contribution < 1.29 is 14.8 Å². The van der Waals surface area contributed by atoms with Crippen molar-refractivity contribution >= 4 is 61.4 Å². The predicted molar refractivity (Wildman–Crippen MR) is 226 cm³/mol. The summed E-state index contributed by atoms with van der Waals surface area (Å²) in [5.74, 6) is 0. The second-order valence-electron chi connectivity index (χ2n) is 14.3. The number of nitrogens with zero attached hydrogens (tertiary/aromatic N) is 5. The van der Waals surface area contributed by atoms with Crippen molar-refractivity contribution in [1.29, 1.82) is 0 Å². The molecule has 13 nitrogen and oxygen atoms in total. The molecule has 0 unspecified atom stereocenters. The number of hydrogen-bond donors (Lipinski definition) is 2. The molecule has 3 aromatic heterocycles. The van der Waals surface area contributed by atoms with Crippen LogP contribution in [0.3, 0.4) is 0 Å². The van der Waals surface area contributed by atoms with E-state index < -0.39 is 4.92 Å². The molecule has 0 saturated carbocycles. The fourth-order valence-electron chi connectivity index (χ4n) is 8.71. The molecule has 0 fully saturated rings. The van der Waals surface area contributed by atoms with Gasteiger partial charge in [-0.1, -0.05) is 58.0 Å². The van der Waals surface area contributed by atoms with Crippen LogP contribution in [0.2, 0.25) is 0 Å². The van der Waals surface area contributed by atoms with Crippen LogP contribution in [0.5, 0.6) is 0 Å². The summed E-state index contributed by atoms with van der Waals surface area (Å²) in [7, 11) is 0. The normalized spacial score (nSPS) is 12.8. The lowest BCUT2D eigenvalue weighted by Crippen LogP contribution is -1.97. The minimum atomic E-state index is -0.487. The molecule has 0 amide bonds. The molecule has 290 valence electrons. The first-order chi connectivity index (χ1) is 27.3. The molecule has 0 aliphatic carbocycles. The Hall–Kier alpha value is -6.76. The Balaban J connectivity index is 1.89. The van der Waals surface area contributed by atoms with E-state index in [0.29, 0.717) is 92.6 Å². The van der Waals surface area contributed by atoms with Gasteiger partial charge in [0.25, 0.3) is 5.69 Å². The van der Waals surface area contributed by atoms with Gasteiger partial charge < -0.3 is 9.97 Å². The van der Waals surface area contributed by atoms with Gasteiger partial charge in [0.05, 0.1) is 37.2 Å². The molecule has 2 aliphatic rings. The van der Waals surface area contributed by atoms with Crippen LogP contribution < -0.4 is 0 Å². The maximum atomic E-state index is 13.5. The Labute approximate surface area is 328 Å². The number of aromatic amines is 2. The molecule has 0 saturated heterocycles. The molecule has 2 aromatic carbocycles. The fraction of sp³-hybridized carbons (Fsp3) is 0.273. The lowest BCUT2D eigenvalue weighted by atomic mass is 9.93. The van der Waals surface area contributed by atoms with Gasteiger partial charge in [0.1, 0.15) is 22.4 Å². The van der Waals surface area contributed by atoms with E-state index >= 15 is 0 Å². The van der Waals surface area contributed by atoms with Crippen molar-refractivity contribution in [2.75, 3.05) is 0 Å². The molecular weight excluding hydrogens is 723 g/mol. The number of non-ortho nitro benzene ring substituents is 1. The number of nitro groups is 3. The van der Waals surface area contributed by atoms with E-state index in [-0.39, 0.29) is 38.3 Å². The number of H-pyrrole nitrogens is 2. The van der Waals surface area contributed by atoms with Gasteiger partial charge in [-0.3, -0.25) is 30.3 Å². The van der Waals surface area contributed by atoms with Gasteiger partial charge >= 0.3 is 11.4 Å². The monoisotopic (exact) mass is 765 g/mol. The van der Waals surface area contributed by atoms with Crippen molar-refractivity contribution in [3.8, 4) is 22.3 Å². The highest BCUT2D eigenvalue weighted by Gasteiger charge is 2.34. The van der Waals surface area contributed by atoms with Gasteiger partial charge in [-0.2, -0.15) is 0 Å². The van der Waals surface area contributed by atoms with Gasteiger partial charge in [0, 0.05) is 23.3 Å². The molecule has 2 aliphatic heterocycles. The number of nitrogens with one attached hydrogen (secondary N) is 2. The third kappa shape index (κ3) is 6.01. The van der Waals surface area contributed by atoms with Crippen LogP contribution in [0.1, 0.15) is 99.4 Å². The molecule has 0 atom stereocenters. The highest BCUT2D eigenvalue weighted by Crippen LogP contribution is 2.48. The number of benzene rings is 2. The van der Waals surface area contributed by atoms with Crippen LogP contribution in [0.4, 0.5) is 17.1 Å². The van der Waals surface area contributed by atoms with Gasteiger partial charge in [-0.25, -0.2) is 9.97 Å². The lowest BCUT2D eigenvalue weighted by molar-refractivity contribution is -0.384. The van der Waals surface area contributed by atoms with E-state index in [1.54, 1.807) is 12.1 Å². The summed E-state index contributed by atoms with van der Waals surface area (Å²) in [6, 6.07) is 15.7. The van der Waals surface area contributed by atoms with Crippen LogP contribution in [-0.2, 0) is 12.8 Å². The van der Waals surface area contributed by atoms with Crippen LogP contribution in [-0.4, -0.2) is 34.7 Å². The number of aryl methyl sites for hydroxylation is 4. The van der Waals surface area contributed by atoms with Crippen molar-refractivity contribution in [1.82, 2.24) is 19.9 Å². The highest BCUT2D eigenvalue weighted by molar-refractivity contribution is 6.06. The zero-order chi connectivity index (χ0) is 41.0. The van der Waals surface area contributed by atoms with Gasteiger partial charge in [-0.05, 0) is 121 Å². The van der Waals surface area contributed by atoms with Crippen molar-refractivity contribution in [2.24, 2.45) is 0 Å². The number of aromatic nitrogens is 4. The lowest BCUT2D eigenvalue weighted by Gasteiger charge is -2.10. The zero-order valence-corrected chi connectivity index (χ0v) is 33.2. The number of nitro benzene ring substituents is 1. The summed E-state index contributed by atoms with van der Waals surface area (Å²) in [5.41, 5.74) is 11.1. The number of rotatable bonds is 9. The van der Waals surface area contributed by atoms with E-state index in [0.717, 1.165) is 33.4 Å². The maximum absolute atomic E-state index is 13.5. The molecule has 57 heavy (non-hydrogen) atoms. The Morgan fingerprint density at radius 2 is 0.930 bits per heavy atom. The van der Waals surface area contributed by atoms with Crippen LogP contribution in [0.15, 0.2) is 54.6 Å². The summed E-state index contributed by atoms with van der Waals surface area (Å²) < 4.78 is 0. The molecular formula is C44H43N7O6. The molecule has 5 aromatic rings. The van der Waals surface area contributed by atoms with E-state index in [4.69, 9.17) is 9.97 Å². The third-order valence-electron chi connectivity index (χ3n) is 11.5. The van der Waals surface area contributed by atoms with E-state index in [9.17, 15) is 30.3 Å². The second-order valence-corrected chi connectivity index (χ2v) is 14.3. The summed E-state index contributed by atoms with van der Waals surface area (Å²) in [6.07, 6.45) is 1.77. The molecule has 2 N–H and O–H groups in total.